The number of anilines is 1. The van der Waals surface area contributed by atoms with Gasteiger partial charge in [-0.2, -0.15) is 0 Å². The third-order valence-corrected chi connectivity index (χ3v) is 2.73. The maximum atomic E-state index is 13.0. The van der Waals surface area contributed by atoms with E-state index < -0.39 is 0 Å². The van der Waals surface area contributed by atoms with Gasteiger partial charge in [-0.05, 0) is 40.0 Å². The van der Waals surface area contributed by atoms with Gasteiger partial charge in [-0.15, -0.1) is 0 Å². The summed E-state index contributed by atoms with van der Waals surface area (Å²) >= 11 is 3.11. The number of rotatable bonds is 3. The van der Waals surface area contributed by atoms with Gasteiger partial charge in [0, 0.05) is 11.7 Å². The molecule has 0 aliphatic heterocycles. The summed E-state index contributed by atoms with van der Waals surface area (Å²) in [5.74, 6) is -0.352. The van der Waals surface area contributed by atoms with E-state index in [1.807, 2.05) is 0 Å². The van der Waals surface area contributed by atoms with Gasteiger partial charge in [-0.25, -0.2) is 4.39 Å². The Kier molecular flexibility index (Phi) is 3.89. The Morgan fingerprint density at radius 1 is 1.50 bits per heavy atom. The van der Waals surface area contributed by atoms with E-state index in [1.54, 1.807) is 6.07 Å². The molecular weight excluding hydrogens is 247 g/mol. The third-order valence-electron chi connectivity index (χ3n) is 2.13. The Balaban J connectivity index is 3.02. The number of hydrogen-bond donors (Lipinski definition) is 2. The number of halogens is 2. The zero-order valence-corrected chi connectivity index (χ0v) is 9.64. The molecule has 0 fully saturated rings. The summed E-state index contributed by atoms with van der Waals surface area (Å²) in [7, 11) is 0. The molecule has 1 atom stereocenters. The Hall–Kier alpha value is -0.610. The summed E-state index contributed by atoms with van der Waals surface area (Å²) in [6, 6.07) is 2.84. The lowest BCUT2D eigenvalue weighted by Gasteiger charge is -2.14. The minimum Gasteiger partial charge on any atom is -0.398 e. The Morgan fingerprint density at radius 2 is 2.14 bits per heavy atom. The molecule has 4 heteroatoms. The molecule has 78 valence electrons. The van der Waals surface area contributed by atoms with Crippen molar-refractivity contribution in [3.63, 3.8) is 0 Å². The first kappa shape index (κ1) is 11.5. The second kappa shape index (κ2) is 4.75. The van der Waals surface area contributed by atoms with E-state index in [0.29, 0.717) is 10.2 Å². The molecule has 0 saturated heterocycles. The van der Waals surface area contributed by atoms with Crippen molar-refractivity contribution in [3.8, 4) is 0 Å². The van der Waals surface area contributed by atoms with Gasteiger partial charge in [-0.3, -0.25) is 0 Å². The van der Waals surface area contributed by atoms with Crippen molar-refractivity contribution in [2.75, 3.05) is 5.73 Å². The molecule has 0 radical (unpaired) electrons. The average molecular weight is 261 g/mol. The first-order chi connectivity index (χ1) is 6.56. The predicted molar refractivity (Wildman–Crippen MR) is 60.3 cm³/mol. The highest BCUT2D eigenvalue weighted by atomic mass is 79.9. The molecule has 0 bridgehead atoms. The summed E-state index contributed by atoms with van der Waals surface area (Å²) in [5, 5.41) is 0. The topological polar surface area (TPSA) is 52.0 Å². The lowest BCUT2D eigenvalue weighted by molar-refractivity contribution is 0.612. The minimum absolute atomic E-state index is 0.114. The van der Waals surface area contributed by atoms with Crippen molar-refractivity contribution in [2.45, 2.75) is 25.8 Å². The van der Waals surface area contributed by atoms with Crippen LogP contribution in [0.15, 0.2) is 16.6 Å². The molecule has 1 rings (SSSR count). The Morgan fingerprint density at radius 3 is 2.71 bits per heavy atom. The zero-order valence-electron chi connectivity index (χ0n) is 8.06. The van der Waals surface area contributed by atoms with Crippen molar-refractivity contribution >= 4 is 21.6 Å². The first-order valence-electron chi connectivity index (χ1n) is 4.56. The van der Waals surface area contributed by atoms with Gasteiger partial charge in [0.05, 0.1) is 4.47 Å². The molecule has 1 aromatic rings. The van der Waals surface area contributed by atoms with Crippen LogP contribution >= 0.6 is 15.9 Å². The summed E-state index contributed by atoms with van der Waals surface area (Å²) in [4.78, 5) is 0. The fourth-order valence-electron chi connectivity index (χ4n) is 1.37. The van der Waals surface area contributed by atoms with Crippen LogP contribution in [0.5, 0.6) is 0 Å². The highest BCUT2D eigenvalue weighted by molar-refractivity contribution is 9.10. The molecule has 0 saturated carbocycles. The summed E-state index contributed by atoms with van der Waals surface area (Å²) in [6.45, 7) is 2.05. The Labute approximate surface area is 91.6 Å². The first-order valence-corrected chi connectivity index (χ1v) is 5.35. The van der Waals surface area contributed by atoms with Crippen molar-refractivity contribution in [1.82, 2.24) is 0 Å². The molecule has 4 N–H and O–H groups in total. The van der Waals surface area contributed by atoms with Crippen LogP contribution in [0.3, 0.4) is 0 Å². The van der Waals surface area contributed by atoms with Crippen LogP contribution in [0, 0.1) is 5.82 Å². The predicted octanol–water partition coefficient (Wildman–Crippen LogP) is 2.97. The fourth-order valence-corrected chi connectivity index (χ4v) is 1.73. The molecule has 2 nitrogen and oxygen atoms in total. The molecule has 0 aliphatic carbocycles. The van der Waals surface area contributed by atoms with E-state index in [2.05, 4.69) is 22.9 Å². The van der Waals surface area contributed by atoms with Gasteiger partial charge in [0.25, 0.3) is 0 Å². The fraction of sp³-hybridized carbons (Fsp3) is 0.400. The van der Waals surface area contributed by atoms with E-state index in [0.717, 1.165) is 18.4 Å². The molecule has 0 amide bonds. The SMILES string of the molecule is CCC[C@@H](N)c1cc(Br)c(F)cc1N. The van der Waals surface area contributed by atoms with Crippen LogP contribution in [0.25, 0.3) is 0 Å². The normalized spacial score (nSPS) is 12.9. The second-order valence-electron chi connectivity index (χ2n) is 3.29. The third kappa shape index (κ3) is 2.45. The van der Waals surface area contributed by atoms with Crippen molar-refractivity contribution in [2.24, 2.45) is 5.73 Å². The van der Waals surface area contributed by atoms with Crippen LogP contribution in [0.2, 0.25) is 0 Å². The van der Waals surface area contributed by atoms with Gasteiger partial charge in [0.1, 0.15) is 5.82 Å². The van der Waals surface area contributed by atoms with Crippen LogP contribution < -0.4 is 11.5 Å². The van der Waals surface area contributed by atoms with Gasteiger partial charge in [0.2, 0.25) is 0 Å². The molecule has 14 heavy (non-hydrogen) atoms. The molecule has 0 aliphatic rings. The lowest BCUT2D eigenvalue weighted by atomic mass is 10.0. The van der Waals surface area contributed by atoms with Gasteiger partial charge >= 0.3 is 0 Å². The standard InChI is InChI=1S/C10H14BrFN2/c1-2-3-9(13)6-4-7(11)8(12)5-10(6)14/h4-5,9H,2-3,13-14H2,1H3/t9-/m1/s1. The molecule has 0 unspecified atom stereocenters. The number of benzene rings is 1. The minimum atomic E-state index is -0.352. The Bertz CT molecular complexity index is 328. The maximum Gasteiger partial charge on any atom is 0.139 e. The molecular formula is C10H14BrFN2. The van der Waals surface area contributed by atoms with Gasteiger partial charge in [-0.1, -0.05) is 13.3 Å². The van der Waals surface area contributed by atoms with Gasteiger partial charge < -0.3 is 11.5 Å². The van der Waals surface area contributed by atoms with E-state index in [-0.39, 0.29) is 11.9 Å². The largest absolute Gasteiger partial charge is 0.398 e. The number of nitrogen functional groups attached to an aromatic ring is 1. The summed E-state index contributed by atoms with van der Waals surface area (Å²) in [6.07, 6.45) is 1.83. The number of hydrogen-bond acceptors (Lipinski definition) is 2. The van der Waals surface area contributed by atoms with Crippen LogP contribution in [-0.2, 0) is 0 Å². The second-order valence-corrected chi connectivity index (χ2v) is 4.14. The van der Waals surface area contributed by atoms with E-state index >= 15 is 0 Å². The molecule has 0 heterocycles. The molecule has 1 aromatic carbocycles. The molecule has 0 spiro atoms. The average Bonchev–Trinajstić information content (AvgIpc) is 2.11. The van der Waals surface area contributed by atoms with Crippen LogP contribution in [0.1, 0.15) is 31.4 Å². The van der Waals surface area contributed by atoms with Crippen molar-refractivity contribution in [3.05, 3.63) is 28.0 Å². The van der Waals surface area contributed by atoms with Crippen LogP contribution in [0.4, 0.5) is 10.1 Å². The molecule has 0 aromatic heterocycles. The van der Waals surface area contributed by atoms with E-state index in [9.17, 15) is 4.39 Å². The van der Waals surface area contributed by atoms with E-state index in [1.165, 1.54) is 6.07 Å². The van der Waals surface area contributed by atoms with Crippen LogP contribution in [-0.4, -0.2) is 0 Å². The van der Waals surface area contributed by atoms with Gasteiger partial charge in [0.15, 0.2) is 0 Å². The highest BCUT2D eigenvalue weighted by Gasteiger charge is 2.11. The lowest BCUT2D eigenvalue weighted by Crippen LogP contribution is -2.12. The smallest absolute Gasteiger partial charge is 0.139 e. The van der Waals surface area contributed by atoms with Crippen molar-refractivity contribution < 1.29 is 4.39 Å². The van der Waals surface area contributed by atoms with E-state index in [4.69, 9.17) is 11.5 Å². The number of nitrogens with two attached hydrogens (primary N) is 2. The summed E-state index contributed by atoms with van der Waals surface area (Å²) < 4.78 is 13.5. The van der Waals surface area contributed by atoms with Crippen molar-refractivity contribution in [1.29, 1.82) is 0 Å². The monoisotopic (exact) mass is 260 g/mol. The highest BCUT2D eigenvalue weighted by Crippen LogP contribution is 2.28. The quantitative estimate of drug-likeness (QED) is 0.822. The summed E-state index contributed by atoms with van der Waals surface area (Å²) in [5.41, 5.74) is 12.8. The maximum absolute atomic E-state index is 13.0. The zero-order chi connectivity index (χ0) is 10.7.